The molecular weight excluding hydrogens is 360 g/mol. The van der Waals surface area contributed by atoms with Crippen molar-refractivity contribution in [1.29, 1.82) is 0 Å². The molecule has 4 rings (SSSR count). The Morgan fingerprint density at radius 2 is 1.89 bits per heavy atom. The summed E-state index contributed by atoms with van der Waals surface area (Å²) in [5.41, 5.74) is 3.14. The molecule has 0 unspecified atom stereocenters. The van der Waals surface area contributed by atoms with E-state index in [-0.39, 0.29) is 11.5 Å². The number of anilines is 2. The maximum absolute atomic E-state index is 13.0. The third-order valence-electron chi connectivity index (χ3n) is 5.74. The largest absolute Gasteiger partial charge is 0.443 e. The quantitative estimate of drug-likeness (QED) is 0.724. The second kappa shape index (κ2) is 7.21. The summed E-state index contributed by atoms with van der Waals surface area (Å²) >= 11 is 2.02. The molecule has 1 spiro atoms. The Kier molecular flexibility index (Phi) is 5.06. The Bertz CT molecular complexity index is 704. The van der Waals surface area contributed by atoms with E-state index in [4.69, 9.17) is 9.47 Å². The predicted octanol–water partition coefficient (Wildman–Crippen LogP) is 4.04. The van der Waals surface area contributed by atoms with Gasteiger partial charge in [0, 0.05) is 30.7 Å². The van der Waals surface area contributed by atoms with Gasteiger partial charge in [-0.1, -0.05) is 6.07 Å². The summed E-state index contributed by atoms with van der Waals surface area (Å²) in [6.45, 7) is 9.84. The highest BCUT2D eigenvalue weighted by Gasteiger charge is 2.46. The fraction of sp³-hybridized carbons (Fsp3) is 0.667. The number of hydrogen-bond donors (Lipinski definition) is 0. The summed E-state index contributed by atoms with van der Waals surface area (Å²) in [7, 11) is 0. The Morgan fingerprint density at radius 3 is 2.56 bits per heavy atom. The molecule has 0 saturated carbocycles. The van der Waals surface area contributed by atoms with Crippen molar-refractivity contribution in [3.05, 3.63) is 23.8 Å². The summed E-state index contributed by atoms with van der Waals surface area (Å²) in [6, 6.07) is 6.69. The van der Waals surface area contributed by atoms with Crippen LogP contribution in [0.15, 0.2) is 18.2 Å². The van der Waals surface area contributed by atoms with E-state index in [0.717, 1.165) is 62.9 Å². The molecule has 1 aromatic carbocycles. The van der Waals surface area contributed by atoms with Crippen LogP contribution < -0.4 is 9.80 Å². The van der Waals surface area contributed by atoms with Crippen LogP contribution in [0, 0.1) is 0 Å². The highest BCUT2D eigenvalue weighted by Crippen LogP contribution is 2.49. The molecule has 3 aliphatic rings. The van der Waals surface area contributed by atoms with Crippen LogP contribution in [0.1, 0.15) is 39.2 Å². The van der Waals surface area contributed by atoms with Gasteiger partial charge in [0.2, 0.25) is 0 Å². The van der Waals surface area contributed by atoms with Crippen LogP contribution in [0.5, 0.6) is 0 Å². The molecule has 3 aliphatic heterocycles. The van der Waals surface area contributed by atoms with E-state index >= 15 is 0 Å². The minimum Gasteiger partial charge on any atom is -0.443 e. The molecule has 0 bridgehead atoms. The van der Waals surface area contributed by atoms with E-state index in [1.165, 1.54) is 11.3 Å². The van der Waals surface area contributed by atoms with Gasteiger partial charge in [-0.05, 0) is 62.8 Å². The number of carbonyl (C=O) groups is 1. The number of rotatable bonds is 1. The van der Waals surface area contributed by atoms with Crippen molar-refractivity contribution in [1.82, 2.24) is 0 Å². The minimum absolute atomic E-state index is 0.0844. The van der Waals surface area contributed by atoms with Gasteiger partial charge in [-0.25, -0.2) is 4.79 Å². The van der Waals surface area contributed by atoms with E-state index in [9.17, 15) is 4.79 Å². The lowest BCUT2D eigenvalue weighted by atomic mass is 9.77. The van der Waals surface area contributed by atoms with Crippen molar-refractivity contribution in [3.8, 4) is 0 Å². The summed E-state index contributed by atoms with van der Waals surface area (Å²) in [4.78, 5) is 17.2. The lowest BCUT2D eigenvalue weighted by Gasteiger charge is -2.34. The number of nitrogens with zero attached hydrogens (tertiary/aromatic N) is 2. The predicted molar refractivity (Wildman–Crippen MR) is 111 cm³/mol. The maximum Gasteiger partial charge on any atom is 0.414 e. The second-order valence-electron chi connectivity index (χ2n) is 8.76. The third kappa shape index (κ3) is 3.79. The van der Waals surface area contributed by atoms with Crippen LogP contribution in [-0.2, 0) is 14.9 Å². The van der Waals surface area contributed by atoms with Crippen LogP contribution in [-0.4, -0.2) is 56.0 Å². The zero-order valence-electron chi connectivity index (χ0n) is 16.6. The number of fused-ring (bicyclic) bond motifs is 2. The van der Waals surface area contributed by atoms with Crippen molar-refractivity contribution in [2.75, 3.05) is 54.2 Å². The van der Waals surface area contributed by atoms with Crippen molar-refractivity contribution in [2.45, 2.75) is 44.6 Å². The highest BCUT2D eigenvalue weighted by molar-refractivity contribution is 7.99. The van der Waals surface area contributed by atoms with Crippen LogP contribution in [0.4, 0.5) is 16.2 Å². The highest BCUT2D eigenvalue weighted by atomic mass is 32.2. The fourth-order valence-electron chi connectivity index (χ4n) is 4.35. The minimum atomic E-state index is -0.489. The number of hydrogen-bond acceptors (Lipinski definition) is 5. The number of ether oxygens (including phenoxy) is 2. The van der Waals surface area contributed by atoms with Gasteiger partial charge >= 0.3 is 6.09 Å². The Balaban J connectivity index is 1.69. The second-order valence-corrected chi connectivity index (χ2v) is 9.98. The Morgan fingerprint density at radius 1 is 1.19 bits per heavy atom. The van der Waals surface area contributed by atoms with Crippen LogP contribution in [0.2, 0.25) is 0 Å². The molecule has 5 nitrogen and oxygen atoms in total. The number of amides is 1. The zero-order chi connectivity index (χ0) is 19.1. The molecule has 27 heavy (non-hydrogen) atoms. The van der Waals surface area contributed by atoms with Crippen LogP contribution >= 0.6 is 11.8 Å². The SMILES string of the molecule is CC(C)(C)OC(=O)N1CC2(CCSCC2)c2ccc(N3CCOCC3)cc21. The maximum atomic E-state index is 13.0. The Labute approximate surface area is 166 Å². The number of carbonyl (C=O) groups excluding carboxylic acids is 1. The molecular formula is C21H30N2O3S. The molecule has 148 valence electrons. The van der Waals surface area contributed by atoms with Crippen LogP contribution in [0.25, 0.3) is 0 Å². The monoisotopic (exact) mass is 390 g/mol. The standard InChI is InChI=1S/C21H30N2O3S/c1-20(2,3)26-19(24)23-15-21(6-12-27-13-7-21)17-5-4-16(14-18(17)23)22-8-10-25-11-9-22/h4-5,14H,6-13,15H2,1-3H3. The molecule has 0 atom stereocenters. The molecule has 6 heteroatoms. The average molecular weight is 391 g/mol. The Hall–Kier alpha value is -1.40. The summed E-state index contributed by atoms with van der Waals surface area (Å²) in [5, 5.41) is 0. The molecule has 2 fully saturated rings. The van der Waals surface area contributed by atoms with E-state index in [1.807, 2.05) is 37.4 Å². The van der Waals surface area contributed by atoms with Crippen molar-refractivity contribution >= 4 is 29.2 Å². The van der Waals surface area contributed by atoms with Gasteiger partial charge in [-0.2, -0.15) is 11.8 Å². The van der Waals surface area contributed by atoms with E-state index in [1.54, 1.807) is 0 Å². The van der Waals surface area contributed by atoms with Gasteiger partial charge in [-0.15, -0.1) is 0 Å². The molecule has 0 aromatic heterocycles. The lowest BCUT2D eigenvalue weighted by molar-refractivity contribution is 0.0577. The van der Waals surface area contributed by atoms with E-state index in [0.29, 0.717) is 0 Å². The zero-order valence-corrected chi connectivity index (χ0v) is 17.4. The van der Waals surface area contributed by atoms with Gasteiger partial charge < -0.3 is 14.4 Å². The normalized spacial score (nSPS) is 22.0. The van der Waals surface area contributed by atoms with Crippen molar-refractivity contribution in [2.24, 2.45) is 0 Å². The lowest BCUT2D eigenvalue weighted by Crippen LogP contribution is -2.41. The smallest absolute Gasteiger partial charge is 0.414 e. The van der Waals surface area contributed by atoms with Gasteiger partial charge in [0.05, 0.1) is 18.9 Å². The molecule has 3 heterocycles. The number of morpholine rings is 1. The molecule has 1 aromatic rings. The first-order valence-corrected chi connectivity index (χ1v) is 11.1. The average Bonchev–Trinajstić information content (AvgIpc) is 2.95. The summed E-state index contributed by atoms with van der Waals surface area (Å²) in [6.07, 6.45) is 2.03. The van der Waals surface area contributed by atoms with Gasteiger partial charge in [-0.3, -0.25) is 4.90 Å². The van der Waals surface area contributed by atoms with E-state index in [2.05, 4.69) is 23.1 Å². The molecule has 0 radical (unpaired) electrons. The number of benzene rings is 1. The molecule has 0 aliphatic carbocycles. The van der Waals surface area contributed by atoms with Crippen LogP contribution in [0.3, 0.4) is 0 Å². The van der Waals surface area contributed by atoms with Gasteiger partial charge in [0.15, 0.2) is 0 Å². The van der Waals surface area contributed by atoms with E-state index < -0.39 is 5.60 Å². The molecule has 2 saturated heterocycles. The van der Waals surface area contributed by atoms with Crippen molar-refractivity contribution < 1.29 is 14.3 Å². The fourth-order valence-corrected chi connectivity index (χ4v) is 5.63. The first kappa shape index (κ1) is 18.9. The summed E-state index contributed by atoms with van der Waals surface area (Å²) in [5.74, 6) is 2.32. The topological polar surface area (TPSA) is 42.0 Å². The first-order valence-electron chi connectivity index (χ1n) is 9.94. The van der Waals surface area contributed by atoms with Gasteiger partial charge in [0.1, 0.15) is 5.60 Å². The number of thioether (sulfide) groups is 1. The van der Waals surface area contributed by atoms with Crippen molar-refractivity contribution in [3.63, 3.8) is 0 Å². The summed E-state index contributed by atoms with van der Waals surface area (Å²) < 4.78 is 11.2. The first-order chi connectivity index (χ1) is 12.9. The van der Waals surface area contributed by atoms with Gasteiger partial charge in [0.25, 0.3) is 0 Å². The molecule has 0 N–H and O–H groups in total. The third-order valence-corrected chi connectivity index (χ3v) is 6.73. The molecule has 1 amide bonds.